The number of amides is 1. The quantitative estimate of drug-likeness (QED) is 0.823. The molecule has 84 valence electrons. The van der Waals surface area contributed by atoms with E-state index in [2.05, 4.69) is 36.5 Å². The Balaban J connectivity index is 1.81. The van der Waals surface area contributed by atoms with Crippen LogP contribution in [0.15, 0.2) is 24.3 Å². The highest BCUT2D eigenvalue weighted by atomic mass is 16.2. The first-order chi connectivity index (χ1) is 7.71. The minimum absolute atomic E-state index is 0.184. The number of benzene rings is 1. The van der Waals surface area contributed by atoms with Crippen molar-refractivity contribution >= 4 is 5.91 Å². The summed E-state index contributed by atoms with van der Waals surface area (Å²) in [5, 5.41) is 3.13. The summed E-state index contributed by atoms with van der Waals surface area (Å²) < 4.78 is 0. The molecule has 1 amide bonds. The van der Waals surface area contributed by atoms with Gasteiger partial charge in [-0.15, -0.1) is 0 Å². The van der Waals surface area contributed by atoms with Crippen LogP contribution in [0.1, 0.15) is 36.8 Å². The summed E-state index contributed by atoms with van der Waals surface area (Å²) in [5.41, 5.74) is 2.26. The Kier molecular flexibility index (Phi) is 2.06. The van der Waals surface area contributed by atoms with E-state index in [0.717, 1.165) is 25.7 Å². The minimum Gasteiger partial charge on any atom is -0.353 e. The highest BCUT2D eigenvalue weighted by Gasteiger charge is 2.52. The highest BCUT2D eigenvalue weighted by molar-refractivity contribution is 5.91. The first kappa shape index (κ1) is 9.88. The summed E-state index contributed by atoms with van der Waals surface area (Å²) in [6, 6.07) is 8.87. The average Bonchev–Trinajstić information content (AvgIpc) is 3.13. The number of hydrogen-bond acceptors (Lipinski definition) is 1. The van der Waals surface area contributed by atoms with Gasteiger partial charge in [0.1, 0.15) is 0 Å². The number of nitrogens with one attached hydrogen (secondary N) is 1. The van der Waals surface area contributed by atoms with Crippen LogP contribution in [0.25, 0.3) is 0 Å². The minimum atomic E-state index is -0.184. The molecule has 2 saturated carbocycles. The van der Waals surface area contributed by atoms with Gasteiger partial charge in [0.05, 0.1) is 5.41 Å². The van der Waals surface area contributed by atoms with Gasteiger partial charge in [-0.1, -0.05) is 29.8 Å². The van der Waals surface area contributed by atoms with Crippen LogP contribution in [0.3, 0.4) is 0 Å². The third-order valence-corrected chi connectivity index (χ3v) is 3.70. The first-order valence-corrected chi connectivity index (χ1v) is 6.09. The van der Waals surface area contributed by atoms with Gasteiger partial charge < -0.3 is 5.32 Å². The molecular weight excluding hydrogens is 198 g/mol. The topological polar surface area (TPSA) is 29.1 Å². The summed E-state index contributed by atoms with van der Waals surface area (Å²) in [7, 11) is 0. The average molecular weight is 215 g/mol. The van der Waals surface area contributed by atoms with Gasteiger partial charge in [-0.05, 0) is 38.2 Å². The van der Waals surface area contributed by atoms with Crippen molar-refractivity contribution < 1.29 is 4.79 Å². The molecule has 1 aromatic rings. The van der Waals surface area contributed by atoms with Crippen LogP contribution in [0.5, 0.6) is 0 Å². The summed E-state index contributed by atoms with van der Waals surface area (Å²) in [4.78, 5) is 12.2. The standard InChI is InChI=1S/C14H17NO/c1-10-2-4-11(5-3-10)14(8-9-14)13(16)15-12-6-7-12/h2-5,12H,6-9H2,1H3,(H,15,16). The molecule has 3 rings (SSSR count). The van der Waals surface area contributed by atoms with E-state index in [0.29, 0.717) is 6.04 Å². The van der Waals surface area contributed by atoms with E-state index in [1.165, 1.54) is 11.1 Å². The largest absolute Gasteiger partial charge is 0.353 e. The molecule has 0 saturated heterocycles. The highest BCUT2D eigenvalue weighted by Crippen LogP contribution is 2.48. The van der Waals surface area contributed by atoms with Gasteiger partial charge in [-0.25, -0.2) is 0 Å². The lowest BCUT2D eigenvalue weighted by atomic mass is 9.94. The Morgan fingerprint density at radius 2 is 1.88 bits per heavy atom. The van der Waals surface area contributed by atoms with Crippen molar-refractivity contribution in [2.75, 3.05) is 0 Å². The van der Waals surface area contributed by atoms with Gasteiger partial charge in [0.25, 0.3) is 0 Å². The molecule has 0 unspecified atom stereocenters. The third-order valence-electron chi connectivity index (χ3n) is 3.70. The van der Waals surface area contributed by atoms with Gasteiger partial charge in [0.2, 0.25) is 5.91 Å². The molecule has 0 aliphatic heterocycles. The Morgan fingerprint density at radius 3 is 2.38 bits per heavy atom. The van der Waals surface area contributed by atoms with Gasteiger partial charge in [0, 0.05) is 6.04 Å². The summed E-state index contributed by atoms with van der Waals surface area (Å²) >= 11 is 0. The zero-order valence-electron chi connectivity index (χ0n) is 9.62. The smallest absolute Gasteiger partial charge is 0.230 e. The van der Waals surface area contributed by atoms with E-state index < -0.39 is 0 Å². The lowest BCUT2D eigenvalue weighted by Gasteiger charge is -2.15. The molecule has 0 atom stereocenters. The van der Waals surface area contributed by atoms with Crippen LogP contribution in [-0.2, 0) is 10.2 Å². The maximum absolute atomic E-state index is 12.2. The van der Waals surface area contributed by atoms with Crippen LogP contribution in [0.4, 0.5) is 0 Å². The molecule has 1 N–H and O–H groups in total. The predicted molar refractivity (Wildman–Crippen MR) is 63.3 cm³/mol. The predicted octanol–water partition coefficient (Wildman–Crippen LogP) is 2.31. The first-order valence-electron chi connectivity index (χ1n) is 6.09. The Morgan fingerprint density at radius 1 is 1.25 bits per heavy atom. The summed E-state index contributed by atoms with van der Waals surface area (Å²) in [5.74, 6) is 0.249. The van der Waals surface area contributed by atoms with E-state index in [4.69, 9.17) is 0 Å². The van der Waals surface area contributed by atoms with Crippen LogP contribution < -0.4 is 5.32 Å². The third kappa shape index (κ3) is 1.62. The molecule has 2 aliphatic carbocycles. The second-order valence-electron chi connectivity index (χ2n) is 5.20. The van der Waals surface area contributed by atoms with Crippen molar-refractivity contribution in [1.29, 1.82) is 0 Å². The lowest BCUT2D eigenvalue weighted by molar-refractivity contribution is -0.123. The van der Waals surface area contributed by atoms with Gasteiger partial charge in [0.15, 0.2) is 0 Å². The maximum Gasteiger partial charge on any atom is 0.230 e. The lowest BCUT2D eigenvalue weighted by Crippen LogP contribution is -2.36. The van der Waals surface area contributed by atoms with E-state index in [9.17, 15) is 4.79 Å². The van der Waals surface area contributed by atoms with Gasteiger partial charge in [-0.3, -0.25) is 4.79 Å². The monoisotopic (exact) mass is 215 g/mol. The molecule has 2 aliphatic rings. The summed E-state index contributed by atoms with van der Waals surface area (Å²) in [6.45, 7) is 2.08. The Hall–Kier alpha value is -1.31. The zero-order valence-corrected chi connectivity index (χ0v) is 9.62. The fraction of sp³-hybridized carbons (Fsp3) is 0.500. The summed E-state index contributed by atoms with van der Waals surface area (Å²) in [6.07, 6.45) is 4.34. The van der Waals surface area contributed by atoms with Crippen molar-refractivity contribution in [1.82, 2.24) is 5.32 Å². The number of rotatable bonds is 3. The molecular formula is C14H17NO. The normalized spacial score (nSPS) is 21.6. The van der Waals surface area contributed by atoms with Crippen LogP contribution in [0.2, 0.25) is 0 Å². The molecule has 0 spiro atoms. The van der Waals surface area contributed by atoms with Crippen molar-refractivity contribution in [2.24, 2.45) is 0 Å². The number of carbonyl (C=O) groups excluding carboxylic acids is 1. The van der Waals surface area contributed by atoms with Crippen LogP contribution >= 0.6 is 0 Å². The molecule has 0 aromatic heterocycles. The fourth-order valence-electron chi connectivity index (χ4n) is 2.20. The van der Waals surface area contributed by atoms with Crippen LogP contribution in [-0.4, -0.2) is 11.9 Å². The molecule has 2 nitrogen and oxygen atoms in total. The molecule has 0 bridgehead atoms. The van der Waals surface area contributed by atoms with Crippen molar-refractivity contribution in [3.63, 3.8) is 0 Å². The van der Waals surface area contributed by atoms with Crippen molar-refractivity contribution in [3.05, 3.63) is 35.4 Å². The maximum atomic E-state index is 12.2. The van der Waals surface area contributed by atoms with E-state index in [1.807, 2.05) is 0 Å². The SMILES string of the molecule is Cc1ccc(C2(C(=O)NC3CC3)CC2)cc1. The van der Waals surface area contributed by atoms with Crippen LogP contribution in [0, 0.1) is 6.92 Å². The molecule has 1 aromatic carbocycles. The van der Waals surface area contributed by atoms with Gasteiger partial charge in [-0.2, -0.15) is 0 Å². The number of hydrogen-bond donors (Lipinski definition) is 1. The molecule has 0 heterocycles. The Labute approximate surface area is 96.1 Å². The second-order valence-corrected chi connectivity index (χ2v) is 5.20. The van der Waals surface area contributed by atoms with Gasteiger partial charge >= 0.3 is 0 Å². The number of carbonyl (C=O) groups is 1. The molecule has 0 radical (unpaired) electrons. The Bertz CT molecular complexity index is 413. The molecule has 2 heteroatoms. The number of aryl methyl sites for hydroxylation is 1. The molecule has 2 fully saturated rings. The molecule has 16 heavy (non-hydrogen) atoms. The van der Waals surface area contributed by atoms with Crippen molar-refractivity contribution in [3.8, 4) is 0 Å². The van der Waals surface area contributed by atoms with Crippen molar-refractivity contribution in [2.45, 2.75) is 44.1 Å². The fourth-order valence-corrected chi connectivity index (χ4v) is 2.20. The second kappa shape index (κ2) is 3.34. The van der Waals surface area contributed by atoms with E-state index in [-0.39, 0.29) is 11.3 Å². The zero-order chi connectivity index (χ0) is 11.2. The van der Waals surface area contributed by atoms with E-state index >= 15 is 0 Å². The van der Waals surface area contributed by atoms with E-state index in [1.54, 1.807) is 0 Å².